The minimum absolute atomic E-state index is 0.0210. The third-order valence-corrected chi connectivity index (χ3v) is 8.22. The highest BCUT2D eigenvalue weighted by Crippen LogP contribution is 2.41. The predicted molar refractivity (Wildman–Crippen MR) is 137 cm³/mol. The Morgan fingerprint density at radius 3 is 2.64 bits per heavy atom. The van der Waals surface area contributed by atoms with Crippen LogP contribution in [0, 0.1) is 0 Å². The summed E-state index contributed by atoms with van der Waals surface area (Å²) in [6.07, 6.45) is 2.23. The van der Waals surface area contributed by atoms with Crippen LogP contribution in [0.5, 0.6) is 0 Å². The summed E-state index contributed by atoms with van der Waals surface area (Å²) in [7, 11) is 1.94. The van der Waals surface area contributed by atoms with Gasteiger partial charge in [0.1, 0.15) is 23.7 Å². The van der Waals surface area contributed by atoms with Crippen LogP contribution in [0.1, 0.15) is 12.2 Å². The molecule has 1 unspecified atom stereocenters. The number of carbonyl (C=O) groups is 5. The lowest BCUT2D eigenvalue weighted by atomic mass is 10.0. The van der Waals surface area contributed by atoms with Gasteiger partial charge in [0.05, 0.1) is 20.1 Å². The van der Waals surface area contributed by atoms with Crippen molar-refractivity contribution in [3.63, 3.8) is 0 Å². The first kappa shape index (κ1) is 28.0. The van der Waals surface area contributed by atoms with Crippen molar-refractivity contribution < 1.29 is 43.5 Å². The third kappa shape index (κ3) is 5.86. The molecule has 16 nitrogen and oxygen atoms in total. The second-order valence-electron chi connectivity index (χ2n) is 9.21. The van der Waals surface area contributed by atoms with Crippen molar-refractivity contribution >= 4 is 63.8 Å². The molecule has 3 atom stereocenters. The summed E-state index contributed by atoms with van der Waals surface area (Å²) in [4.78, 5) is 70.2. The van der Waals surface area contributed by atoms with Gasteiger partial charge in [-0.15, -0.1) is 11.8 Å². The maximum Gasteiger partial charge on any atom is 0.352 e. The highest BCUT2D eigenvalue weighted by atomic mass is 32.2. The zero-order chi connectivity index (χ0) is 28.5. The molecule has 7 N–H and O–H groups in total. The number of nitrogens with one attached hydrogen (secondary N) is 1. The Labute approximate surface area is 229 Å². The zero-order valence-corrected chi connectivity index (χ0v) is 22.2. The molecular weight excluding hydrogens is 556 g/mol. The molecule has 39 heavy (non-hydrogen) atoms. The van der Waals surface area contributed by atoms with E-state index in [0.717, 1.165) is 16.4 Å². The maximum absolute atomic E-state index is 13.1. The maximum atomic E-state index is 13.1. The van der Waals surface area contributed by atoms with Gasteiger partial charge in [-0.25, -0.2) is 9.59 Å². The fraction of sp³-hybridized carbons (Fsp3) is 0.429. The van der Waals surface area contributed by atoms with Crippen LogP contribution in [0.4, 0.5) is 5.13 Å². The van der Waals surface area contributed by atoms with E-state index >= 15 is 0 Å². The Morgan fingerprint density at radius 1 is 1.33 bits per heavy atom. The molecule has 3 amide bonds. The normalized spacial score (nSPS) is 24.8. The van der Waals surface area contributed by atoms with E-state index in [4.69, 9.17) is 16.6 Å². The first-order chi connectivity index (χ1) is 18.4. The van der Waals surface area contributed by atoms with E-state index in [1.807, 2.05) is 7.05 Å². The Morgan fingerprint density at radius 2 is 2.08 bits per heavy atom. The van der Waals surface area contributed by atoms with Crippen molar-refractivity contribution in [3.05, 3.63) is 28.7 Å². The number of primary amides is 1. The molecule has 4 heterocycles. The van der Waals surface area contributed by atoms with Crippen molar-refractivity contribution in [3.8, 4) is 0 Å². The molecule has 18 heteroatoms. The van der Waals surface area contributed by atoms with Gasteiger partial charge in [-0.05, 0) is 6.08 Å². The number of fused-ring (bicyclic) bond motifs is 1. The summed E-state index contributed by atoms with van der Waals surface area (Å²) in [5.41, 5.74) is 11.4. The molecule has 0 bridgehead atoms. The number of amides is 3. The molecule has 3 aliphatic heterocycles. The van der Waals surface area contributed by atoms with Crippen LogP contribution in [-0.2, 0) is 28.8 Å². The molecule has 1 saturated heterocycles. The number of aromatic nitrogens is 2. The Hall–Kier alpha value is -4.03. The molecule has 1 aromatic rings. The van der Waals surface area contributed by atoms with E-state index < -0.39 is 53.4 Å². The number of nitrogen functional groups attached to an aromatic ring is 1. The number of nitrogens with two attached hydrogens (primary N) is 2. The predicted octanol–water partition coefficient (Wildman–Crippen LogP) is -2.07. The van der Waals surface area contributed by atoms with Crippen LogP contribution >= 0.6 is 23.3 Å². The first-order valence-electron chi connectivity index (χ1n) is 11.4. The summed E-state index contributed by atoms with van der Waals surface area (Å²) < 4.78 is 4.32. The number of thioether (sulfide) groups is 1. The lowest BCUT2D eigenvalue weighted by Gasteiger charge is -2.50. The number of rotatable bonds is 10. The van der Waals surface area contributed by atoms with Gasteiger partial charge < -0.3 is 36.3 Å². The van der Waals surface area contributed by atoms with Gasteiger partial charge in [-0.3, -0.25) is 19.3 Å². The topological polar surface area (TPSA) is 240 Å². The van der Waals surface area contributed by atoms with Gasteiger partial charge in [0.25, 0.3) is 11.8 Å². The summed E-state index contributed by atoms with van der Waals surface area (Å²) >= 11 is 2.07. The van der Waals surface area contributed by atoms with E-state index in [9.17, 15) is 29.1 Å². The van der Waals surface area contributed by atoms with E-state index in [1.165, 1.54) is 11.8 Å². The van der Waals surface area contributed by atoms with E-state index in [2.05, 4.69) is 24.7 Å². The summed E-state index contributed by atoms with van der Waals surface area (Å²) in [6.45, 7) is 0.570. The van der Waals surface area contributed by atoms with Crippen LogP contribution in [0.3, 0.4) is 0 Å². The van der Waals surface area contributed by atoms with E-state index in [0.29, 0.717) is 47.4 Å². The quantitative estimate of drug-likeness (QED) is 0.0866. The number of β-lactam (4-membered cyclic amide) rings is 1. The number of anilines is 1. The number of carbonyl (C=O) groups excluding carboxylic acids is 3. The molecular formula is C21H25N8O8S2+. The lowest BCUT2D eigenvalue weighted by Crippen LogP contribution is -2.71. The van der Waals surface area contributed by atoms with Crippen molar-refractivity contribution in [1.82, 2.24) is 19.6 Å². The second kappa shape index (κ2) is 11.0. The molecule has 1 aromatic heterocycles. The van der Waals surface area contributed by atoms with Crippen LogP contribution in [0.25, 0.3) is 0 Å². The van der Waals surface area contributed by atoms with Crippen LogP contribution in [-0.4, -0.2) is 115 Å². The van der Waals surface area contributed by atoms with Crippen LogP contribution in [0.15, 0.2) is 28.1 Å². The first-order valence-corrected chi connectivity index (χ1v) is 13.3. The highest BCUT2D eigenvalue weighted by molar-refractivity contribution is 8.00. The zero-order valence-electron chi connectivity index (χ0n) is 20.5. The van der Waals surface area contributed by atoms with Gasteiger partial charge in [-0.1, -0.05) is 5.16 Å². The largest absolute Gasteiger partial charge is 0.479 e. The summed E-state index contributed by atoms with van der Waals surface area (Å²) in [5, 5.41) is 24.1. The number of aliphatic carboxylic acids is 2. The Balaban J connectivity index is 1.51. The van der Waals surface area contributed by atoms with Crippen molar-refractivity contribution in [1.29, 1.82) is 0 Å². The van der Waals surface area contributed by atoms with Gasteiger partial charge in [0.2, 0.25) is 24.1 Å². The van der Waals surface area contributed by atoms with Gasteiger partial charge in [-0.2, -0.15) is 9.36 Å². The molecule has 4 rings (SSSR count). The number of likely N-dealkylation sites (N-methyl/N-ethyl adjacent to an activating group) is 1. The number of oxime groups is 1. The standard InChI is InChI=1S/C21H24N8O8S2/c1-29(4-2-9(3-5-29)15(22)32)6-10-8-38-19-13(18(34)28(19)14(10)20(35)36)24-17(33)12(26-37-7-11(30)31)16-25-21(23)39-27-16/h2,13,19H,3-8H2,1H3,(H6-,22,23,24,25,27,30,31,32,33,35,36)/p+1/b26-12-/t13-,19-,29?/m1/s1. The fourth-order valence-electron chi connectivity index (χ4n) is 4.42. The van der Waals surface area contributed by atoms with Crippen molar-refractivity contribution in [2.45, 2.75) is 17.8 Å². The molecule has 0 aliphatic carbocycles. The Bertz CT molecular complexity index is 1340. The molecule has 1 fully saturated rings. The smallest absolute Gasteiger partial charge is 0.352 e. The van der Waals surface area contributed by atoms with Gasteiger partial charge in [0, 0.05) is 34.9 Å². The molecule has 0 aromatic carbocycles. The lowest BCUT2D eigenvalue weighted by molar-refractivity contribution is -0.900. The SMILES string of the molecule is C[N+]1(CC2=C(C(=O)O)N3C(=O)[C@@H](NC(=O)/C(=N\OCC(=O)O)c4nsc(N)n4)[C@H]3SC2)CC=C(C(N)=O)CC1. The van der Waals surface area contributed by atoms with Gasteiger partial charge in [0.15, 0.2) is 5.13 Å². The second-order valence-corrected chi connectivity index (χ2v) is 11.1. The average molecular weight is 582 g/mol. The minimum atomic E-state index is -1.33. The minimum Gasteiger partial charge on any atom is -0.479 e. The number of quaternary nitrogens is 1. The molecule has 3 aliphatic rings. The molecule has 0 saturated carbocycles. The Kier molecular flexibility index (Phi) is 7.89. The number of hydrogen-bond donors (Lipinski definition) is 5. The fourth-order valence-corrected chi connectivity index (χ4v) is 6.19. The molecule has 208 valence electrons. The molecule has 0 spiro atoms. The van der Waals surface area contributed by atoms with Crippen molar-refractivity contribution in [2.24, 2.45) is 10.9 Å². The number of nitrogens with zero attached hydrogens (tertiary/aromatic N) is 5. The monoisotopic (exact) mass is 581 g/mol. The average Bonchev–Trinajstić information content (AvgIpc) is 3.30. The van der Waals surface area contributed by atoms with Crippen LogP contribution < -0.4 is 16.8 Å². The highest BCUT2D eigenvalue weighted by Gasteiger charge is 2.55. The summed E-state index contributed by atoms with van der Waals surface area (Å²) in [5.74, 6) is -4.55. The van der Waals surface area contributed by atoms with Gasteiger partial charge >= 0.3 is 11.9 Å². The number of hydrogen-bond acceptors (Lipinski definition) is 12. The van der Waals surface area contributed by atoms with Crippen LogP contribution in [0.2, 0.25) is 0 Å². The van der Waals surface area contributed by atoms with E-state index in [-0.39, 0.29) is 16.7 Å². The summed E-state index contributed by atoms with van der Waals surface area (Å²) in [6, 6.07) is -1.08. The molecule has 0 radical (unpaired) electrons. The van der Waals surface area contributed by atoms with Crippen molar-refractivity contribution in [2.75, 3.05) is 44.8 Å². The number of carboxylic acids is 2. The number of carboxylic acid groups (broad SMARTS) is 2. The third-order valence-electron chi connectivity index (χ3n) is 6.34. The van der Waals surface area contributed by atoms with E-state index in [1.54, 1.807) is 6.08 Å².